The molecule has 3 nitrogen and oxygen atoms in total. The first-order valence-corrected chi connectivity index (χ1v) is 2.56. The Morgan fingerprint density at radius 2 is 2.38 bits per heavy atom. The smallest absolute Gasteiger partial charge is 0.177 e. The van der Waals surface area contributed by atoms with Crippen LogP contribution in [0.3, 0.4) is 0 Å². The molecule has 0 atom stereocenters. The molecule has 0 saturated carbocycles. The molecule has 0 aliphatic heterocycles. The molecular formula is C4H8N2OS. The summed E-state index contributed by atoms with van der Waals surface area (Å²) in [5, 5.41) is 1.32. The minimum atomic E-state index is -0.123. The molecule has 0 aliphatic carbocycles. The maximum absolute atomic E-state index is 10.3. The van der Waals surface area contributed by atoms with Crippen molar-refractivity contribution in [1.82, 2.24) is 5.43 Å². The van der Waals surface area contributed by atoms with E-state index in [0.717, 1.165) is 0 Å². The van der Waals surface area contributed by atoms with Crippen molar-refractivity contribution in [2.45, 2.75) is 6.92 Å². The van der Waals surface area contributed by atoms with Crippen LogP contribution in [0.4, 0.5) is 0 Å². The van der Waals surface area contributed by atoms with Crippen molar-refractivity contribution in [2.24, 2.45) is 5.84 Å². The van der Waals surface area contributed by atoms with Crippen LogP contribution < -0.4 is 11.3 Å². The van der Waals surface area contributed by atoms with E-state index in [1.165, 1.54) is 12.3 Å². The Labute approximate surface area is 53.3 Å². The molecule has 0 aliphatic rings. The molecule has 4 heteroatoms. The lowest BCUT2D eigenvalue weighted by Gasteiger charge is -1.96. The Kier molecular flexibility index (Phi) is 3.30. The van der Waals surface area contributed by atoms with Gasteiger partial charge in [0.25, 0.3) is 0 Å². The Balaban J connectivity index is 3.92. The number of carbonyl (C=O) groups is 1. The lowest BCUT2D eigenvalue weighted by atomic mass is 10.4. The average molecular weight is 132 g/mol. The normalized spacial score (nSPS) is 11.1. The third-order valence-corrected chi connectivity index (χ3v) is 0.922. The van der Waals surface area contributed by atoms with Crippen LogP contribution in [0.5, 0.6) is 0 Å². The summed E-state index contributed by atoms with van der Waals surface area (Å²) in [6, 6.07) is 0. The Morgan fingerprint density at radius 1 is 1.88 bits per heavy atom. The molecule has 0 fully saturated rings. The van der Waals surface area contributed by atoms with Gasteiger partial charge in [-0.25, -0.2) is 0 Å². The molecule has 0 amide bonds. The van der Waals surface area contributed by atoms with Gasteiger partial charge < -0.3 is 5.43 Å². The van der Waals surface area contributed by atoms with Crippen LogP contribution in [0.2, 0.25) is 0 Å². The summed E-state index contributed by atoms with van der Waals surface area (Å²) < 4.78 is 0. The highest BCUT2D eigenvalue weighted by Crippen LogP contribution is 1.89. The molecule has 0 aromatic carbocycles. The first-order valence-electron chi connectivity index (χ1n) is 2.04. The van der Waals surface area contributed by atoms with Gasteiger partial charge in [0.15, 0.2) is 5.78 Å². The third-order valence-electron chi connectivity index (χ3n) is 0.664. The van der Waals surface area contributed by atoms with Crippen molar-refractivity contribution in [3.63, 3.8) is 0 Å². The van der Waals surface area contributed by atoms with Crippen LogP contribution in [0.1, 0.15) is 6.92 Å². The summed E-state index contributed by atoms with van der Waals surface area (Å²) in [6.07, 6.45) is 0. The maximum Gasteiger partial charge on any atom is 0.177 e. The summed E-state index contributed by atoms with van der Waals surface area (Å²) in [4.78, 5) is 10.3. The zero-order valence-electron chi connectivity index (χ0n) is 4.51. The third kappa shape index (κ3) is 1.99. The van der Waals surface area contributed by atoms with E-state index in [-0.39, 0.29) is 5.78 Å². The zero-order valence-corrected chi connectivity index (χ0v) is 5.40. The van der Waals surface area contributed by atoms with Crippen LogP contribution in [0.15, 0.2) is 11.1 Å². The van der Waals surface area contributed by atoms with Crippen LogP contribution in [0, 0.1) is 0 Å². The number of nitrogens with one attached hydrogen (secondary N) is 1. The molecule has 0 saturated heterocycles. The number of rotatable bonds is 2. The predicted octanol–water partition coefficient (Wildman–Crippen LogP) is -0.190. The van der Waals surface area contributed by atoms with Gasteiger partial charge in [-0.1, -0.05) is 0 Å². The quantitative estimate of drug-likeness (QED) is 0.211. The fourth-order valence-corrected chi connectivity index (χ4v) is 0.486. The molecule has 0 spiro atoms. The van der Waals surface area contributed by atoms with Crippen LogP contribution >= 0.6 is 12.6 Å². The van der Waals surface area contributed by atoms with E-state index in [0.29, 0.717) is 5.70 Å². The van der Waals surface area contributed by atoms with Gasteiger partial charge in [0.1, 0.15) is 0 Å². The van der Waals surface area contributed by atoms with E-state index in [9.17, 15) is 4.79 Å². The van der Waals surface area contributed by atoms with Gasteiger partial charge in [-0.15, -0.1) is 12.6 Å². The Hall–Kier alpha value is -0.480. The number of ketones is 1. The predicted molar refractivity (Wildman–Crippen MR) is 35.1 cm³/mol. The second-order valence-electron chi connectivity index (χ2n) is 1.24. The van der Waals surface area contributed by atoms with Crippen molar-refractivity contribution in [3.8, 4) is 0 Å². The molecule has 0 bridgehead atoms. The fraction of sp³-hybridized carbons (Fsp3) is 0.250. The summed E-state index contributed by atoms with van der Waals surface area (Å²) in [5.41, 5.74) is 2.50. The monoisotopic (exact) mass is 132 g/mol. The van der Waals surface area contributed by atoms with Gasteiger partial charge >= 0.3 is 0 Å². The van der Waals surface area contributed by atoms with Crippen molar-refractivity contribution in [3.05, 3.63) is 11.1 Å². The number of hydrogen-bond acceptors (Lipinski definition) is 4. The summed E-state index contributed by atoms with van der Waals surface area (Å²) in [7, 11) is 0. The second-order valence-corrected chi connectivity index (χ2v) is 1.50. The number of carbonyl (C=O) groups excluding carboxylic acids is 1. The van der Waals surface area contributed by atoms with Gasteiger partial charge in [-0.05, 0) is 5.41 Å². The highest BCUT2D eigenvalue weighted by Gasteiger charge is 1.95. The second kappa shape index (κ2) is 3.51. The highest BCUT2D eigenvalue weighted by molar-refractivity contribution is 7.83. The highest BCUT2D eigenvalue weighted by atomic mass is 32.1. The van der Waals surface area contributed by atoms with Crippen LogP contribution in [0.25, 0.3) is 0 Å². The Morgan fingerprint density at radius 3 is 2.38 bits per heavy atom. The van der Waals surface area contributed by atoms with Crippen molar-refractivity contribution < 1.29 is 4.79 Å². The van der Waals surface area contributed by atoms with Gasteiger partial charge in [0.2, 0.25) is 0 Å². The van der Waals surface area contributed by atoms with Crippen LogP contribution in [-0.2, 0) is 4.79 Å². The molecule has 46 valence electrons. The number of thiol groups is 1. The average Bonchev–Trinajstić information content (AvgIpc) is 1.69. The van der Waals surface area contributed by atoms with E-state index in [2.05, 4.69) is 18.1 Å². The maximum atomic E-state index is 10.3. The lowest BCUT2D eigenvalue weighted by Crippen LogP contribution is -2.24. The number of Topliss-reactive ketones (excluding diaryl/α,β-unsaturated/α-hetero) is 1. The first-order chi connectivity index (χ1) is 3.72. The standard InChI is InChI=1S/C4H8N2OS/c1-3(7)4(2-8)6-5/h2,6,8H,5H2,1H3/b4-2+. The summed E-state index contributed by atoms with van der Waals surface area (Å²) >= 11 is 3.71. The van der Waals surface area contributed by atoms with Gasteiger partial charge in [0, 0.05) is 6.92 Å². The number of nitrogens with two attached hydrogens (primary N) is 1. The minimum Gasteiger partial charge on any atom is -0.321 e. The van der Waals surface area contributed by atoms with E-state index in [4.69, 9.17) is 5.84 Å². The molecule has 0 radical (unpaired) electrons. The van der Waals surface area contributed by atoms with Crippen molar-refractivity contribution in [1.29, 1.82) is 0 Å². The molecule has 0 aromatic heterocycles. The minimum absolute atomic E-state index is 0.123. The van der Waals surface area contributed by atoms with E-state index < -0.39 is 0 Å². The van der Waals surface area contributed by atoms with E-state index in [1.807, 2.05) is 0 Å². The Bertz CT molecular complexity index is 121. The lowest BCUT2D eigenvalue weighted by molar-refractivity contribution is -0.113. The van der Waals surface area contributed by atoms with Gasteiger partial charge in [-0.3, -0.25) is 10.6 Å². The van der Waals surface area contributed by atoms with Gasteiger partial charge in [0.05, 0.1) is 5.70 Å². The largest absolute Gasteiger partial charge is 0.321 e. The van der Waals surface area contributed by atoms with Gasteiger partial charge in [-0.2, -0.15) is 0 Å². The van der Waals surface area contributed by atoms with Crippen LogP contribution in [-0.4, -0.2) is 5.78 Å². The fourth-order valence-electron chi connectivity index (χ4n) is 0.230. The number of hydrogen-bond donors (Lipinski definition) is 3. The first kappa shape index (κ1) is 7.52. The number of allylic oxidation sites excluding steroid dienone is 1. The molecule has 0 heterocycles. The molecule has 3 N–H and O–H groups in total. The molecule has 0 unspecified atom stereocenters. The molecule has 0 aromatic rings. The van der Waals surface area contributed by atoms with E-state index in [1.54, 1.807) is 0 Å². The summed E-state index contributed by atoms with van der Waals surface area (Å²) in [6.45, 7) is 1.40. The molecular weight excluding hydrogens is 124 g/mol. The van der Waals surface area contributed by atoms with Crippen molar-refractivity contribution >= 4 is 18.4 Å². The zero-order chi connectivity index (χ0) is 6.57. The SMILES string of the molecule is CC(=O)/C(=C\S)NN. The topological polar surface area (TPSA) is 55.1 Å². The van der Waals surface area contributed by atoms with Crippen molar-refractivity contribution in [2.75, 3.05) is 0 Å². The summed E-state index contributed by atoms with van der Waals surface area (Å²) in [5.74, 6) is 4.77. The number of hydrazine groups is 1. The molecule has 0 rings (SSSR count). The molecule has 8 heavy (non-hydrogen) atoms. The van der Waals surface area contributed by atoms with E-state index >= 15 is 0 Å².